The van der Waals surface area contributed by atoms with E-state index in [-0.39, 0.29) is 29.3 Å². The van der Waals surface area contributed by atoms with Crippen LogP contribution in [0.25, 0.3) is 0 Å². The highest BCUT2D eigenvalue weighted by Crippen LogP contribution is 2.40. The summed E-state index contributed by atoms with van der Waals surface area (Å²) < 4.78 is 18.1. The van der Waals surface area contributed by atoms with E-state index in [1.165, 1.54) is 6.42 Å². The molecule has 0 amide bonds. The third-order valence-electron chi connectivity index (χ3n) is 6.44. The molecule has 0 aromatic rings. The Balaban J connectivity index is 2.69. The molecule has 0 aromatic heterocycles. The smallest absolute Gasteiger partial charge is 0.192 e. The van der Waals surface area contributed by atoms with Crippen LogP contribution in [0, 0.1) is 24.2 Å². The molecule has 0 bridgehead atoms. The number of hydrogen-bond donors (Lipinski definition) is 1. The monoisotopic (exact) mass is 424 g/mol. The van der Waals surface area contributed by atoms with Crippen molar-refractivity contribution >= 4 is 8.32 Å². The fourth-order valence-electron chi connectivity index (χ4n) is 3.30. The second-order valence-corrected chi connectivity index (χ2v) is 14.7. The van der Waals surface area contributed by atoms with E-state index >= 15 is 0 Å². The SMILES string of the molecule is C#CC[C@H](O)[C@@H](C)[C@H](O[Si](C)(C)C(C)(C)C)[C@H](C)C/C=C\COC1CCCCO1. The lowest BCUT2D eigenvalue weighted by atomic mass is 9.86. The first-order valence-electron chi connectivity index (χ1n) is 11.2. The van der Waals surface area contributed by atoms with Crippen LogP contribution in [0.5, 0.6) is 0 Å². The summed E-state index contributed by atoms with van der Waals surface area (Å²) in [5.41, 5.74) is 0. The molecule has 29 heavy (non-hydrogen) atoms. The van der Waals surface area contributed by atoms with Gasteiger partial charge in [-0.15, -0.1) is 12.3 Å². The van der Waals surface area contributed by atoms with Gasteiger partial charge >= 0.3 is 0 Å². The summed E-state index contributed by atoms with van der Waals surface area (Å²) in [7, 11) is -1.97. The zero-order valence-corrected chi connectivity index (χ0v) is 20.7. The summed E-state index contributed by atoms with van der Waals surface area (Å²) in [5, 5.41) is 10.6. The van der Waals surface area contributed by atoms with E-state index < -0.39 is 14.4 Å². The molecule has 5 heteroatoms. The summed E-state index contributed by atoms with van der Waals surface area (Å²) >= 11 is 0. The average molecular weight is 425 g/mol. The van der Waals surface area contributed by atoms with E-state index in [1.807, 2.05) is 0 Å². The molecule has 0 aromatic carbocycles. The molecule has 0 spiro atoms. The van der Waals surface area contributed by atoms with Gasteiger partial charge in [0.15, 0.2) is 14.6 Å². The standard InChI is InChI=1S/C24H44O4Si/c1-9-14-21(25)20(3)23(28-29(7,8)24(4,5)6)19(2)15-10-12-17-26-22-16-11-13-18-27-22/h1,10,12,19-23,25H,11,13-18H2,2-8H3/b12-10-/t19-,20-,21+,22?,23-/m1/s1. The maximum atomic E-state index is 10.5. The average Bonchev–Trinajstić information content (AvgIpc) is 2.65. The van der Waals surface area contributed by atoms with Crippen molar-refractivity contribution < 1.29 is 19.0 Å². The number of aliphatic hydroxyl groups is 1. The van der Waals surface area contributed by atoms with Gasteiger partial charge in [-0.25, -0.2) is 0 Å². The molecule has 1 aliphatic rings. The van der Waals surface area contributed by atoms with Gasteiger partial charge in [-0.2, -0.15) is 0 Å². The van der Waals surface area contributed by atoms with Crippen LogP contribution in [0.3, 0.4) is 0 Å². The quantitative estimate of drug-likeness (QED) is 0.269. The number of rotatable bonds is 11. The fraction of sp³-hybridized carbons (Fsp3) is 0.833. The summed E-state index contributed by atoms with van der Waals surface area (Å²) in [6.07, 6.45) is 13.6. The van der Waals surface area contributed by atoms with Gasteiger partial charge in [0.2, 0.25) is 0 Å². The molecule has 1 fully saturated rings. The van der Waals surface area contributed by atoms with Gasteiger partial charge in [0.05, 0.1) is 18.8 Å². The van der Waals surface area contributed by atoms with E-state index in [2.05, 4.69) is 65.8 Å². The second-order valence-electron chi connectivity index (χ2n) is 9.99. The molecule has 1 N–H and O–H groups in total. The van der Waals surface area contributed by atoms with Crippen molar-refractivity contribution in [2.75, 3.05) is 13.2 Å². The van der Waals surface area contributed by atoms with Crippen LogP contribution < -0.4 is 0 Å². The number of ether oxygens (including phenoxy) is 2. The number of hydrogen-bond acceptors (Lipinski definition) is 4. The largest absolute Gasteiger partial charge is 0.413 e. The third kappa shape index (κ3) is 8.94. The first kappa shape index (κ1) is 26.4. The fourth-order valence-corrected chi connectivity index (χ4v) is 4.78. The Hall–Kier alpha value is -0.643. The van der Waals surface area contributed by atoms with Crippen molar-refractivity contribution in [1.82, 2.24) is 0 Å². The van der Waals surface area contributed by atoms with Crippen LogP contribution in [-0.2, 0) is 13.9 Å². The molecular formula is C24H44O4Si. The van der Waals surface area contributed by atoms with E-state index in [0.29, 0.717) is 13.0 Å². The molecule has 1 unspecified atom stereocenters. The van der Waals surface area contributed by atoms with Crippen LogP contribution >= 0.6 is 0 Å². The van der Waals surface area contributed by atoms with E-state index in [4.69, 9.17) is 20.3 Å². The van der Waals surface area contributed by atoms with Crippen LogP contribution in [0.1, 0.15) is 66.7 Å². The normalized spacial score (nSPS) is 22.8. The van der Waals surface area contributed by atoms with Crippen molar-refractivity contribution in [3.8, 4) is 12.3 Å². The molecule has 4 nitrogen and oxygen atoms in total. The Morgan fingerprint density at radius 1 is 1.24 bits per heavy atom. The zero-order valence-electron chi connectivity index (χ0n) is 19.7. The summed E-state index contributed by atoms with van der Waals surface area (Å²) in [4.78, 5) is 0. The molecule has 1 saturated heterocycles. The minimum Gasteiger partial charge on any atom is -0.413 e. The van der Waals surface area contributed by atoms with Gasteiger partial charge in [-0.1, -0.05) is 46.8 Å². The van der Waals surface area contributed by atoms with Crippen molar-refractivity contribution in [2.45, 2.75) is 103 Å². The lowest BCUT2D eigenvalue weighted by molar-refractivity contribution is -0.155. The molecule has 0 radical (unpaired) electrons. The number of allylic oxidation sites excluding steroid dienone is 1. The minimum absolute atomic E-state index is 0.0181. The van der Waals surface area contributed by atoms with Gasteiger partial charge in [-0.3, -0.25) is 0 Å². The van der Waals surface area contributed by atoms with Crippen LogP contribution in [0.2, 0.25) is 18.1 Å². The van der Waals surface area contributed by atoms with Crippen LogP contribution in [-0.4, -0.2) is 45.1 Å². The maximum absolute atomic E-state index is 10.5. The highest BCUT2D eigenvalue weighted by atomic mass is 28.4. The molecule has 0 aliphatic carbocycles. The van der Waals surface area contributed by atoms with Crippen LogP contribution in [0.4, 0.5) is 0 Å². The van der Waals surface area contributed by atoms with Crippen molar-refractivity contribution in [1.29, 1.82) is 0 Å². The van der Waals surface area contributed by atoms with Crippen molar-refractivity contribution in [3.05, 3.63) is 12.2 Å². The van der Waals surface area contributed by atoms with E-state index in [1.54, 1.807) is 0 Å². The van der Waals surface area contributed by atoms with Crippen molar-refractivity contribution in [3.63, 3.8) is 0 Å². The minimum atomic E-state index is -1.97. The topological polar surface area (TPSA) is 47.9 Å². The van der Waals surface area contributed by atoms with Gasteiger partial charge < -0.3 is 19.0 Å². The molecule has 168 valence electrons. The molecule has 1 heterocycles. The van der Waals surface area contributed by atoms with Gasteiger partial charge in [-0.05, 0) is 49.7 Å². The predicted octanol–water partition coefficient (Wildman–Crippen LogP) is 5.52. The predicted molar refractivity (Wildman–Crippen MR) is 123 cm³/mol. The van der Waals surface area contributed by atoms with Crippen LogP contribution in [0.15, 0.2) is 12.2 Å². The summed E-state index contributed by atoms with van der Waals surface area (Å²) in [6.45, 7) is 16.9. The van der Waals surface area contributed by atoms with Gasteiger partial charge in [0.25, 0.3) is 0 Å². The first-order valence-corrected chi connectivity index (χ1v) is 14.1. The highest BCUT2D eigenvalue weighted by molar-refractivity contribution is 6.74. The Bertz CT molecular complexity index is 526. The second kappa shape index (κ2) is 12.3. The lowest BCUT2D eigenvalue weighted by Gasteiger charge is -2.43. The molecule has 5 atom stereocenters. The number of terminal acetylenes is 1. The highest BCUT2D eigenvalue weighted by Gasteiger charge is 2.42. The zero-order chi connectivity index (χ0) is 22.1. The Kier molecular flexibility index (Phi) is 11.2. The lowest BCUT2D eigenvalue weighted by Crippen LogP contribution is -2.49. The Morgan fingerprint density at radius 2 is 1.93 bits per heavy atom. The maximum Gasteiger partial charge on any atom is 0.192 e. The van der Waals surface area contributed by atoms with Gasteiger partial charge in [0, 0.05) is 18.9 Å². The van der Waals surface area contributed by atoms with Crippen molar-refractivity contribution in [2.24, 2.45) is 11.8 Å². The third-order valence-corrected chi connectivity index (χ3v) is 10.9. The van der Waals surface area contributed by atoms with E-state index in [9.17, 15) is 5.11 Å². The molecule has 0 saturated carbocycles. The summed E-state index contributed by atoms with van der Waals surface area (Å²) in [6, 6.07) is 0. The molecule has 1 aliphatic heterocycles. The molecular weight excluding hydrogens is 380 g/mol. The van der Waals surface area contributed by atoms with Gasteiger partial charge in [0.1, 0.15) is 0 Å². The Labute approximate surface area is 180 Å². The Morgan fingerprint density at radius 3 is 2.48 bits per heavy atom. The molecule has 1 rings (SSSR count). The number of aliphatic hydroxyl groups excluding tert-OH is 1. The first-order chi connectivity index (χ1) is 13.5. The summed E-state index contributed by atoms with van der Waals surface area (Å²) in [5.74, 6) is 2.84. The van der Waals surface area contributed by atoms with E-state index in [0.717, 1.165) is 25.9 Å².